The van der Waals surface area contributed by atoms with Gasteiger partial charge in [-0.05, 0) is 25.5 Å². The van der Waals surface area contributed by atoms with Gasteiger partial charge in [0, 0.05) is 5.56 Å². The number of Topliss-reactive ketones (excluding diaryl/α,β-unsaturated/α-hetero) is 1. The number of esters is 1. The van der Waals surface area contributed by atoms with Crippen LogP contribution >= 0.6 is 0 Å². The quantitative estimate of drug-likeness (QED) is 0.611. The first-order valence-corrected chi connectivity index (χ1v) is 6.08. The predicted octanol–water partition coefficient (Wildman–Crippen LogP) is 1.62. The third-order valence-electron chi connectivity index (χ3n) is 3.21. The van der Waals surface area contributed by atoms with Gasteiger partial charge in [0.25, 0.3) is 0 Å². The van der Waals surface area contributed by atoms with Crippen molar-refractivity contribution >= 4 is 11.8 Å². The number of carbonyl (C=O) groups is 2. The van der Waals surface area contributed by atoms with E-state index >= 15 is 0 Å². The highest BCUT2D eigenvalue weighted by molar-refractivity contribution is 6.14. The van der Waals surface area contributed by atoms with E-state index in [-0.39, 0.29) is 12.4 Å². The summed E-state index contributed by atoms with van der Waals surface area (Å²) in [4.78, 5) is 24.1. The monoisotopic (exact) mass is 264 g/mol. The standard InChI is InChI=1S/C14H16O5/c1-4-19-14(16)9-7-8-10(17-2)5-6-11(18-3)12(8)13(9)15/h5-6,9H,4,7H2,1-3H3/t9-/m0/s1. The Balaban J connectivity index is 2.43. The molecule has 1 aromatic carbocycles. The molecule has 0 amide bonds. The molecule has 0 saturated carbocycles. The molecule has 5 heteroatoms. The van der Waals surface area contributed by atoms with E-state index in [9.17, 15) is 9.59 Å². The summed E-state index contributed by atoms with van der Waals surface area (Å²) < 4.78 is 15.4. The minimum atomic E-state index is -0.792. The molecular formula is C14H16O5. The maximum absolute atomic E-state index is 12.3. The molecule has 102 valence electrons. The third kappa shape index (κ3) is 2.16. The number of ketones is 1. The number of hydrogen-bond acceptors (Lipinski definition) is 5. The van der Waals surface area contributed by atoms with Gasteiger partial charge in [0.2, 0.25) is 0 Å². The molecule has 0 N–H and O–H groups in total. The molecule has 0 heterocycles. The van der Waals surface area contributed by atoms with Crippen molar-refractivity contribution in [3.8, 4) is 11.5 Å². The van der Waals surface area contributed by atoms with Crippen LogP contribution in [0.4, 0.5) is 0 Å². The first kappa shape index (κ1) is 13.4. The van der Waals surface area contributed by atoms with Crippen LogP contribution in [0.2, 0.25) is 0 Å². The van der Waals surface area contributed by atoms with Crippen molar-refractivity contribution in [2.75, 3.05) is 20.8 Å². The number of carbonyl (C=O) groups excluding carboxylic acids is 2. The Morgan fingerprint density at radius 2 is 1.89 bits per heavy atom. The fraction of sp³-hybridized carbons (Fsp3) is 0.429. The molecule has 19 heavy (non-hydrogen) atoms. The molecule has 0 bridgehead atoms. The van der Waals surface area contributed by atoms with Crippen LogP contribution < -0.4 is 9.47 Å². The van der Waals surface area contributed by atoms with Crippen molar-refractivity contribution in [1.29, 1.82) is 0 Å². The number of ether oxygens (including phenoxy) is 3. The van der Waals surface area contributed by atoms with Gasteiger partial charge in [-0.3, -0.25) is 9.59 Å². The van der Waals surface area contributed by atoms with Gasteiger partial charge in [0.1, 0.15) is 17.4 Å². The van der Waals surface area contributed by atoms with Gasteiger partial charge >= 0.3 is 5.97 Å². The number of methoxy groups -OCH3 is 2. The largest absolute Gasteiger partial charge is 0.496 e. The van der Waals surface area contributed by atoms with E-state index in [0.29, 0.717) is 29.0 Å². The maximum Gasteiger partial charge on any atom is 0.317 e. The Kier molecular flexibility index (Phi) is 3.74. The van der Waals surface area contributed by atoms with E-state index in [1.54, 1.807) is 19.1 Å². The zero-order valence-electron chi connectivity index (χ0n) is 11.2. The summed E-state index contributed by atoms with van der Waals surface area (Å²) in [5.74, 6) is -0.485. The van der Waals surface area contributed by atoms with Crippen molar-refractivity contribution in [1.82, 2.24) is 0 Å². The molecular weight excluding hydrogens is 248 g/mol. The summed E-state index contributed by atoms with van der Waals surface area (Å²) in [5, 5.41) is 0. The molecule has 0 aliphatic heterocycles. The summed E-state index contributed by atoms with van der Waals surface area (Å²) in [5.41, 5.74) is 1.14. The molecule has 0 unspecified atom stereocenters. The molecule has 1 aromatic rings. The third-order valence-corrected chi connectivity index (χ3v) is 3.21. The summed E-state index contributed by atoms with van der Waals surface area (Å²) >= 11 is 0. The average molecular weight is 264 g/mol. The maximum atomic E-state index is 12.3. The highest BCUT2D eigenvalue weighted by atomic mass is 16.5. The molecule has 1 aliphatic carbocycles. The topological polar surface area (TPSA) is 61.8 Å². The first-order valence-electron chi connectivity index (χ1n) is 6.08. The van der Waals surface area contributed by atoms with Crippen LogP contribution in [-0.2, 0) is 16.0 Å². The molecule has 1 atom stereocenters. The summed E-state index contributed by atoms with van der Waals surface area (Å²) in [6, 6.07) is 3.40. The summed E-state index contributed by atoms with van der Waals surface area (Å²) in [6.45, 7) is 1.97. The lowest BCUT2D eigenvalue weighted by Crippen LogP contribution is -2.23. The zero-order chi connectivity index (χ0) is 14.0. The van der Waals surface area contributed by atoms with E-state index in [4.69, 9.17) is 14.2 Å². The van der Waals surface area contributed by atoms with E-state index in [2.05, 4.69) is 0 Å². The van der Waals surface area contributed by atoms with Crippen molar-refractivity contribution in [2.24, 2.45) is 5.92 Å². The highest BCUT2D eigenvalue weighted by Gasteiger charge is 2.40. The first-order chi connectivity index (χ1) is 9.13. The van der Waals surface area contributed by atoms with E-state index < -0.39 is 11.9 Å². The van der Waals surface area contributed by atoms with E-state index in [0.717, 1.165) is 0 Å². The molecule has 0 radical (unpaired) electrons. The lowest BCUT2D eigenvalue weighted by atomic mass is 10.1. The molecule has 2 rings (SSSR count). The number of benzene rings is 1. The van der Waals surface area contributed by atoms with Crippen LogP contribution in [0.3, 0.4) is 0 Å². The normalized spacial score (nSPS) is 17.0. The van der Waals surface area contributed by atoms with E-state index in [1.165, 1.54) is 14.2 Å². The molecule has 0 spiro atoms. The van der Waals surface area contributed by atoms with E-state index in [1.807, 2.05) is 0 Å². The van der Waals surface area contributed by atoms with Crippen LogP contribution in [0.1, 0.15) is 22.8 Å². The van der Waals surface area contributed by atoms with Gasteiger partial charge in [-0.15, -0.1) is 0 Å². The van der Waals surface area contributed by atoms with Crippen molar-refractivity contribution in [3.05, 3.63) is 23.3 Å². The number of hydrogen-bond donors (Lipinski definition) is 0. The predicted molar refractivity (Wildman–Crippen MR) is 67.7 cm³/mol. The van der Waals surface area contributed by atoms with Gasteiger partial charge in [-0.25, -0.2) is 0 Å². The highest BCUT2D eigenvalue weighted by Crippen LogP contribution is 2.39. The van der Waals surface area contributed by atoms with Gasteiger partial charge in [-0.2, -0.15) is 0 Å². The second-order valence-electron chi connectivity index (χ2n) is 4.20. The fourth-order valence-corrected chi connectivity index (χ4v) is 2.35. The Bertz CT molecular complexity index is 521. The summed E-state index contributed by atoms with van der Waals surface area (Å²) in [6.07, 6.45) is 0.299. The Labute approximate surface area is 111 Å². The van der Waals surface area contributed by atoms with Gasteiger partial charge < -0.3 is 14.2 Å². The molecule has 0 aromatic heterocycles. The smallest absolute Gasteiger partial charge is 0.317 e. The van der Waals surface area contributed by atoms with Crippen LogP contribution in [0.25, 0.3) is 0 Å². The Morgan fingerprint density at radius 3 is 2.47 bits per heavy atom. The van der Waals surface area contributed by atoms with Gasteiger partial charge in [-0.1, -0.05) is 0 Å². The molecule has 5 nitrogen and oxygen atoms in total. The lowest BCUT2D eigenvalue weighted by molar-refractivity contribution is -0.145. The fourth-order valence-electron chi connectivity index (χ4n) is 2.35. The SMILES string of the molecule is CCOC(=O)[C@H]1Cc2c(OC)ccc(OC)c2C1=O. The Morgan fingerprint density at radius 1 is 1.26 bits per heavy atom. The van der Waals surface area contributed by atoms with Gasteiger partial charge in [0.15, 0.2) is 5.78 Å². The van der Waals surface area contributed by atoms with Crippen LogP contribution in [0.5, 0.6) is 11.5 Å². The second-order valence-corrected chi connectivity index (χ2v) is 4.20. The minimum Gasteiger partial charge on any atom is -0.496 e. The van der Waals surface area contributed by atoms with Crippen molar-refractivity contribution < 1.29 is 23.8 Å². The summed E-state index contributed by atoms with van der Waals surface area (Å²) in [7, 11) is 3.03. The van der Waals surface area contributed by atoms with Crippen molar-refractivity contribution in [2.45, 2.75) is 13.3 Å². The van der Waals surface area contributed by atoms with Crippen LogP contribution in [-0.4, -0.2) is 32.6 Å². The Hall–Kier alpha value is -2.04. The molecule has 1 aliphatic rings. The second kappa shape index (κ2) is 5.30. The van der Waals surface area contributed by atoms with Crippen LogP contribution in [0.15, 0.2) is 12.1 Å². The molecule has 0 saturated heterocycles. The van der Waals surface area contributed by atoms with Gasteiger partial charge in [0.05, 0.1) is 26.4 Å². The van der Waals surface area contributed by atoms with Crippen molar-refractivity contribution in [3.63, 3.8) is 0 Å². The van der Waals surface area contributed by atoms with Crippen LogP contribution in [0, 0.1) is 5.92 Å². The zero-order valence-corrected chi connectivity index (χ0v) is 11.2. The lowest BCUT2D eigenvalue weighted by Gasteiger charge is -2.09. The molecule has 0 fully saturated rings. The average Bonchev–Trinajstić information content (AvgIpc) is 2.76. The minimum absolute atomic E-state index is 0.257. The number of rotatable bonds is 4. The number of fused-ring (bicyclic) bond motifs is 1.